The first kappa shape index (κ1) is 21.4. The van der Waals surface area contributed by atoms with E-state index in [2.05, 4.69) is 32.9 Å². The van der Waals surface area contributed by atoms with Gasteiger partial charge < -0.3 is 10.1 Å². The smallest absolute Gasteiger partial charge is 0.256 e. The molecule has 1 fully saturated rings. The maximum Gasteiger partial charge on any atom is 0.256 e. The number of benzene rings is 1. The molecule has 5 rings (SSSR count). The largest absolute Gasteiger partial charge is 0.494 e. The van der Waals surface area contributed by atoms with Crippen molar-refractivity contribution in [1.82, 2.24) is 35.7 Å². The number of amides is 1. The van der Waals surface area contributed by atoms with Gasteiger partial charge in [-0.3, -0.25) is 9.48 Å². The zero-order valence-electron chi connectivity index (χ0n) is 19.0. The van der Waals surface area contributed by atoms with E-state index in [1.54, 1.807) is 0 Å². The number of unbranched alkanes of at least 4 members (excludes halogenated alkanes) is 1. The Hall–Kier alpha value is -3.49. The maximum atomic E-state index is 13.4. The predicted octanol–water partition coefficient (Wildman–Crippen LogP) is 3.33. The van der Waals surface area contributed by atoms with E-state index in [4.69, 9.17) is 9.84 Å². The summed E-state index contributed by atoms with van der Waals surface area (Å²) in [7, 11) is 0. The van der Waals surface area contributed by atoms with E-state index in [1.807, 2.05) is 48.1 Å². The van der Waals surface area contributed by atoms with Crippen LogP contribution < -0.4 is 10.1 Å². The number of H-pyrrole nitrogens is 1. The molecule has 172 valence electrons. The molecular formula is C24H29N7O2. The molecule has 3 aromatic rings. The number of carbonyl (C=O) groups excluding carboxylic acids is 1. The zero-order valence-corrected chi connectivity index (χ0v) is 19.0. The average molecular weight is 448 g/mol. The van der Waals surface area contributed by atoms with E-state index in [-0.39, 0.29) is 11.7 Å². The van der Waals surface area contributed by atoms with Crippen LogP contribution in [0.5, 0.6) is 5.75 Å². The van der Waals surface area contributed by atoms with E-state index < -0.39 is 5.54 Å². The molecular weight excluding hydrogens is 418 g/mol. The van der Waals surface area contributed by atoms with Crippen LogP contribution in [-0.2, 0) is 16.9 Å². The molecule has 2 aromatic heterocycles. The van der Waals surface area contributed by atoms with Gasteiger partial charge in [0.15, 0.2) is 0 Å². The first-order valence-electron chi connectivity index (χ1n) is 11.6. The van der Waals surface area contributed by atoms with Gasteiger partial charge in [0, 0.05) is 19.2 Å². The number of ether oxygens (including phenoxy) is 1. The number of tetrazole rings is 1. The second-order valence-corrected chi connectivity index (χ2v) is 9.14. The van der Waals surface area contributed by atoms with Crippen molar-refractivity contribution in [3.8, 4) is 5.75 Å². The monoisotopic (exact) mass is 447 g/mol. The topological polar surface area (TPSA) is 111 Å². The molecule has 33 heavy (non-hydrogen) atoms. The number of rotatable bonds is 9. The van der Waals surface area contributed by atoms with Crippen molar-refractivity contribution < 1.29 is 9.53 Å². The molecule has 0 spiro atoms. The normalized spacial score (nSPS) is 20.7. The molecule has 2 aliphatic rings. The highest BCUT2D eigenvalue weighted by atomic mass is 16.5. The zero-order chi connectivity index (χ0) is 22.8. The van der Waals surface area contributed by atoms with E-state index in [0.717, 1.165) is 42.0 Å². The summed E-state index contributed by atoms with van der Waals surface area (Å²) >= 11 is 0. The van der Waals surface area contributed by atoms with Crippen LogP contribution in [0.3, 0.4) is 0 Å². The molecule has 0 saturated heterocycles. The number of hydrogen-bond donors (Lipinski definition) is 2. The number of aromatic nitrogens is 6. The standard InChI is InChI=1S/C24H29N7O2/c1-3-4-13-33-18-9-7-17(8-10-18)24(2)14-19(20-11-12-31(28-20)15-16-5-6-16)21(23(32)25-24)22-26-29-30-27-22/h7-12,16H,3-6,13-15H2,1-2H3,(H,25,32)(H,26,27,29,30)/t24-/m0/s1. The molecule has 2 N–H and O–H groups in total. The van der Waals surface area contributed by atoms with Gasteiger partial charge in [-0.05, 0) is 66.7 Å². The van der Waals surface area contributed by atoms with Crippen LogP contribution in [0.2, 0.25) is 0 Å². The summed E-state index contributed by atoms with van der Waals surface area (Å²) < 4.78 is 7.77. The Labute approximate surface area is 192 Å². The van der Waals surface area contributed by atoms with Gasteiger partial charge >= 0.3 is 0 Å². The van der Waals surface area contributed by atoms with Crippen molar-refractivity contribution in [3.05, 3.63) is 53.6 Å². The van der Waals surface area contributed by atoms with Crippen molar-refractivity contribution in [1.29, 1.82) is 0 Å². The molecule has 1 aliphatic carbocycles. The minimum Gasteiger partial charge on any atom is -0.494 e. The van der Waals surface area contributed by atoms with E-state index >= 15 is 0 Å². The Morgan fingerprint density at radius 1 is 1.21 bits per heavy atom. The Kier molecular flexibility index (Phi) is 5.70. The highest BCUT2D eigenvalue weighted by molar-refractivity contribution is 6.27. The molecule has 3 heterocycles. The van der Waals surface area contributed by atoms with Gasteiger partial charge in [-0.25, -0.2) is 0 Å². The van der Waals surface area contributed by atoms with Gasteiger partial charge in [0.25, 0.3) is 5.91 Å². The molecule has 1 aromatic carbocycles. The summed E-state index contributed by atoms with van der Waals surface area (Å²) in [5.41, 5.74) is 2.40. The van der Waals surface area contributed by atoms with Crippen molar-refractivity contribution >= 4 is 17.1 Å². The summed E-state index contributed by atoms with van der Waals surface area (Å²) in [6.07, 6.45) is 7.17. The fourth-order valence-corrected chi connectivity index (χ4v) is 4.28. The van der Waals surface area contributed by atoms with E-state index in [0.29, 0.717) is 24.5 Å². The van der Waals surface area contributed by atoms with E-state index in [9.17, 15) is 4.79 Å². The van der Waals surface area contributed by atoms with Crippen LogP contribution in [0.15, 0.2) is 36.5 Å². The average Bonchev–Trinajstić information content (AvgIpc) is 3.24. The summed E-state index contributed by atoms with van der Waals surface area (Å²) in [5, 5.41) is 22.2. The number of aromatic amines is 1. The Morgan fingerprint density at radius 2 is 2.03 bits per heavy atom. The van der Waals surface area contributed by atoms with Gasteiger partial charge in [0.05, 0.1) is 23.4 Å². The second-order valence-electron chi connectivity index (χ2n) is 9.14. The Bertz CT molecular complexity index is 1150. The fourth-order valence-electron chi connectivity index (χ4n) is 4.28. The molecule has 9 heteroatoms. The quantitative estimate of drug-likeness (QED) is 0.487. The van der Waals surface area contributed by atoms with Crippen LogP contribution in [-0.4, -0.2) is 42.9 Å². The minimum atomic E-state index is -0.609. The summed E-state index contributed by atoms with van der Waals surface area (Å²) in [6.45, 7) is 5.79. The van der Waals surface area contributed by atoms with Gasteiger partial charge in [-0.15, -0.1) is 10.2 Å². The molecule has 0 bridgehead atoms. The lowest BCUT2D eigenvalue weighted by Gasteiger charge is -2.36. The lowest BCUT2D eigenvalue weighted by Crippen LogP contribution is -2.47. The van der Waals surface area contributed by atoms with Crippen LogP contribution >= 0.6 is 0 Å². The fraction of sp³-hybridized carbons (Fsp3) is 0.458. The number of nitrogens with zero attached hydrogens (tertiary/aromatic N) is 5. The molecule has 1 aliphatic heterocycles. The lowest BCUT2D eigenvalue weighted by molar-refractivity contribution is -0.117. The molecule has 1 amide bonds. The van der Waals surface area contributed by atoms with Crippen molar-refractivity contribution in [3.63, 3.8) is 0 Å². The van der Waals surface area contributed by atoms with Crippen LogP contribution in [0.25, 0.3) is 11.1 Å². The van der Waals surface area contributed by atoms with Crippen LogP contribution in [0.1, 0.15) is 63.0 Å². The van der Waals surface area contributed by atoms with Crippen LogP contribution in [0.4, 0.5) is 0 Å². The minimum absolute atomic E-state index is 0.236. The van der Waals surface area contributed by atoms with Gasteiger partial charge in [-0.2, -0.15) is 10.3 Å². The summed E-state index contributed by atoms with van der Waals surface area (Å²) in [6, 6.07) is 9.94. The third-order valence-corrected chi connectivity index (χ3v) is 6.37. The highest BCUT2D eigenvalue weighted by Gasteiger charge is 2.40. The first-order chi connectivity index (χ1) is 16.1. The second kappa shape index (κ2) is 8.80. The molecule has 1 atom stereocenters. The third kappa shape index (κ3) is 4.53. The molecule has 1 saturated carbocycles. The van der Waals surface area contributed by atoms with Crippen molar-refractivity contribution in [2.75, 3.05) is 6.61 Å². The number of carbonyl (C=O) groups is 1. The van der Waals surface area contributed by atoms with Gasteiger partial charge in [0.1, 0.15) is 5.75 Å². The number of nitrogens with one attached hydrogen (secondary N) is 2. The SMILES string of the molecule is CCCCOc1ccc([C@]2(C)CC(c3ccn(CC4CC4)n3)=C(c3nn[nH]n3)C(=O)N2)cc1. The third-order valence-electron chi connectivity index (χ3n) is 6.37. The van der Waals surface area contributed by atoms with Crippen molar-refractivity contribution in [2.45, 2.75) is 58.0 Å². The van der Waals surface area contributed by atoms with Gasteiger partial charge in [-0.1, -0.05) is 25.5 Å². The maximum absolute atomic E-state index is 13.4. The Balaban J connectivity index is 1.47. The first-order valence-corrected chi connectivity index (χ1v) is 11.6. The van der Waals surface area contributed by atoms with E-state index in [1.165, 1.54) is 12.8 Å². The highest BCUT2D eigenvalue weighted by Crippen LogP contribution is 2.41. The molecule has 9 nitrogen and oxygen atoms in total. The van der Waals surface area contributed by atoms with Gasteiger partial charge in [0.2, 0.25) is 5.82 Å². The summed E-state index contributed by atoms with van der Waals surface area (Å²) in [4.78, 5) is 13.4. The Morgan fingerprint density at radius 3 is 2.73 bits per heavy atom. The predicted molar refractivity (Wildman–Crippen MR) is 123 cm³/mol. The molecule has 0 radical (unpaired) electrons. The van der Waals surface area contributed by atoms with Crippen LogP contribution in [0, 0.1) is 5.92 Å². The summed E-state index contributed by atoms with van der Waals surface area (Å²) in [5.74, 6) is 1.59. The number of hydrogen-bond acceptors (Lipinski definition) is 6. The molecule has 0 unspecified atom stereocenters. The lowest BCUT2D eigenvalue weighted by atomic mass is 9.79. The van der Waals surface area contributed by atoms with Crippen molar-refractivity contribution in [2.24, 2.45) is 5.92 Å².